The minimum Gasteiger partial charge on any atom is -0.494 e. The Morgan fingerprint density at radius 2 is 2.00 bits per heavy atom. The molecule has 0 aliphatic rings. The molecule has 16 heavy (non-hydrogen) atoms. The largest absolute Gasteiger partial charge is 0.494 e. The van der Waals surface area contributed by atoms with E-state index in [2.05, 4.69) is 4.74 Å². The van der Waals surface area contributed by atoms with Crippen LogP contribution in [0.3, 0.4) is 0 Å². The van der Waals surface area contributed by atoms with Crippen molar-refractivity contribution in [1.29, 1.82) is 0 Å². The van der Waals surface area contributed by atoms with E-state index >= 15 is 0 Å². The molecule has 0 aliphatic heterocycles. The van der Waals surface area contributed by atoms with Crippen molar-refractivity contribution in [2.75, 3.05) is 7.11 Å². The van der Waals surface area contributed by atoms with Gasteiger partial charge >= 0.3 is 6.18 Å². The zero-order chi connectivity index (χ0) is 12.3. The van der Waals surface area contributed by atoms with Crippen LogP contribution in [-0.2, 0) is 0 Å². The zero-order valence-corrected chi connectivity index (χ0v) is 8.51. The molecule has 0 saturated heterocycles. The second kappa shape index (κ2) is 4.69. The quantitative estimate of drug-likeness (QED) is 0.820. The summed E-state index contributed by atoms with van der Waals surface area (Å²) in [5.74, 6) is -0.749. The highest BCUT2D eigenvalue weighted by Gasteiger charge is 2.31. The van der Waals surface area contributed by atoms with Crippen LogP contribution in [0.15, 0.2) is 18.2 Å². The number of benzene rings is 1. The summed E-state index contributed by atoms with van der Waals surface area (Å²) in [4.78, 5) is 0. The molecule has 0 aromatic heterocycles. The lowest BCUT2D eigenvalue weighted by molar-refractivity contribution is -0.138. The minimum absolute atomic E-state index is 0.116. The van der Waals surface area contributed by atoms with Gasteiger partial charge < -0.3 is 10.5 Å². The zero-order valence-electron chi connectivity index (χ0n) is 8.51. The Morgan fingerprint density at radius 1 is 1.38 bits per heavy atom. The normalized spacial score (nSPS) is 13.6. The molecule has 0 spiro atoms. The standard InChI is InChI=1S/C10H11F4NO/c1-16-9-4-6(2-3-7(9)11)8(15)5-10(12,13)14/h2-4,8H,5,15H2,1H3/t8-/m0/s1. The van der Waals surface area contributed by atoms with Crippen molar-refractivity contribution in [2.45, 2.75) is 18.6 Å². The molecule has 1 atom stereocenters. The maximum atomic E-state index is 13.0. The van der Waals surface area contributed by atoms with Gasteiger partial charge in [0.15, 0.2) is 11.6 Å². The predicted molar refractivity (Wildman–Crippen MR) is 50.6 cm³/mol. The van der Waals surface area contributed by atoms with E-state index in [0.29, 0.717) is 0 Å². The summed E-state index contributed by atoms with van der Waals surface area (Å²) >= 11 is 0. The van der Waals surface area contributed by atoms with Crippen molar-refractivity contribution in [3.05, 3.63) is 29.6 Å². The molecule has 0 saturated carbocycles. The van der Waals surface area contributed by atoms with Crippen LogP contribution in [0, 0.1) is 5.82 Å². The summed E-state index contributed by atoms with van der Waals surface area (Å²) in [6.45, 7) is 0. The Bertz CT molecular complexity index is 364. The minimum atomic E-state index is -4.35. The first kappa shape index (κ1) is 12.8. The van der Waals surface area contributed by atoms with Crippen LogP contribution in [0.1, 0.15) is 18.0 Å². The molecule has 1 rings (SSSR count). The van der Waals surface area contributed by atoms with Gasteiger partial charge in [0.1, 0.15) is 0 Å². The van der Waals surface area contributed by atoms with Gasteiger partial charge in [-0.05, 0) is 17.7 Å². The fourth-order valence-corrected chi connectivity index (χ4v) is 1.27. The number of rotatable bonds is 3. The Morgan fingerprint density at radius 3 is 2.50 bits per heavy atom. The number of halogens is 4. The first-order chi connectivity index (χ1) is 7.33. The smallest absolute Gasteiger partial charge is 0.390 e. The van der Waals surface area contributed by atoms with E-state index < -0.39 is 24.5 Å². The van der Waals surface area contributed by atoms with Crippen molar-refractivity contribution in [2.24, 2.45) is 5.73 Å². The molecule has 90 valence electrons. The van der Waals surface area contributed by atoms with E-state index in [0.717, 1.165) is 6.07 Å². The average molecular weight is 237 g/mol. The molecule has 2 nitrogen and oxygen atoms in total. The summed E-state index contributed by atoms with van der Waals surface area (Å²) in [6.07, 6.45) is -5.50. The lowest BCUT2D eigenvalue weighted by Gasteiger charge is -2.15. The summed E-state index contributed by atoms with van der Waals surface area (Å²) < 4.78 is 53.8. The van der Waals surface area contributed by atoms with Crippen molar-refractivity contribution in [3.63, 3.8) is 0 Å². The maximum Gasteiger partial charge on any atom is 0.390 e. The molecule has 0 aliphatic carbocycles. The van der Waals surface area contributed by atoms with Gasteiger partial charge in [0.25, 0.3) is 0 Å². The van der Waals surface area contributed by atoms with Gasteiger partial charge in [0.05, 0.1) is 13.5 Å². The number of hydrogen-bond acceptors (Lipinski definition) is 2. The molecule has 1 aromatic rings. The number of hydrogen-bond donors (Lipinski definition) is 1. The van der Waals surface area contributed by atoms with E-state index in [9.17, 15) is 17.6 Å². The third-order valence-electron chi connectivity index (χ3n) is 2.05. The summed E-state index contributed by atoms with van der Waals surface area (Å²) in [5, 5.41) is 0. The molecule has 6 heteroatoms. The van der Waals surface area contributed by atoms with Gasteiger partial charge in [-0.1, -0.05) is 6.07 Å². The first-order valence-electron chi connectivity index (χ1n) is 4.49. The molecule has 0 heterocycles. The van der Waals surface area contributed by atoms with Crippen LogP contribution in [-0.4, -0.2) is 13.3 Å². The lowest BCUT2D eigenvalue weighted by Crippen LogP contribution is -2.20. The monoisotopic (exact) mass is 237 g/mol. The van der Waals surface area contributed by atoms with Crippen molar-refractivity contribution in [1.82, 2.24) is 0 Å². The first-order valence-corrected chi connectivity index (χ1v) is 4.49. The van der Waals surface area contributed by atoms with E-state index in [1.54, 1.807) is 0 Å². The Kier molecular flexibility index (Phi) is 3.74. The summed E-state index contributed by atoms with van der Waals surface area (Å²) in [7, 11) is 1.23. The fourth-order valence-electron chi connectivity index (χ4n) is 1.27. The van der Waals surface area contributed by atoms with Crippen molar-refractivity contribution >= 4 is 0 Å². The lowest BCUT2D eigenvalue weighted by atomic mass is 10.0. The number of alkyl halides is 3. The SMILES string of the molecule is COc1cc([C@@H](N)CC(F)(F)F)ccc1F. The summed E-state index contributed by atoms with van der Waals surface area (Å²) in [5.41, 5.74) is 5.55. The van der Waals surface area contributed by atoms with E-state index in [1.807, 2.05) is 0 Å². The predicted octanol–water partition coefficient (Wildman–Crippen LogP) is 2.79. The molecular weight excluding hydrogens is 226 g/mol. The molecule has 0 fully saturated rings. The van der Waals surface area contributed by atoms with Crippen LogP contribution in [0.25, 0.3) is 0 Å². The third-order valence-corrected chi connectivity index (χ3v) is 2.05. The van der Waals surface area contributed by atoms with Crippen molar-refractivity contribution in [3.8, 4) is 5.75 Å². The molecule has 0 bridgehead atoms. The molecule has 0 radical (unpaired) electrons. The molecule has 0 unspecified atom stereocenters. The van der Waals surface area contributed by atoms with Crippen LogP contribution >= 0.6 is 0 Å². The highest BCUT2D eigenvalue weighted by Crippen LogP contribution is 2.30. The van der Waals surface area contributed by atoms with Crippen LogP contribution < -0.4 is 10.5 Å². The van der Waals surface area contributed by atoms with E-state index in [4.69, 9.17) is 5.73 Å². The van der Waals surface area contributed by atoms with Crippen LogP contribution in [0.2, 0.25) is 0 Å². The third kappa shape index (κ3) is 3.37. The second-order valence-electron chi connectivity index (χ2n) is 3.32. The average Bonchev–Trinajstić information content (AvgIpc) is 2.15. The van der Waals surface area contributed by atoms with E-state index in [1.165, 1.54) is 19.2 Å². The molecular formula is C10H11F4NO. The van der Waals surface area contributed by atoms with Crippen LogP contribution in [0.4, 0.5) is 17.6 Å². The number of methoxy groups -OCH3 is 1. The molecule has 2 N–H and O–H groups in total. The van der Waals surface area contributed by atoms with Gasteiger partial charge in [-0.3, -0.25) is 0 Å². The number of ether oxygens (including phenoxy) is 1. The fraction of sp³-hybridized carbons (Fsp3) is 0.400. The Balaban J connectivity index is 2.88. The molecule has 1 aromatic carbocycles. The van der Waals surface area contributed by atoms with Gasteiger partial charge in [-0.2, -0.15) is 13.2 Å². The number of nitrogens with two attached hydrogens (primary N) is 1. The second-order valence-corrected chi connectivity index (χ2v) is 3.32. The van der Waals surface area contributed by atoms with E-state index in [-0.39, 0.29) is 11.3 Å². The maximum absolute atomic E-state index is 13.0. The Hall–Kier alpha value is -1.30. The highest BCUT2D eigenvalue weighted by atomic mass is 19.4. The van der Waals surface area contributed by atoms with Crippen LogP contribution in [0.5, 0.6) is 5.75 Å². The van der Waals surface area contributed by atoms with Gasteiger partial charge in [0.2, 0.25) is 0 Å². The van der Waals surface area contributed by atoms with Gasteiger partial charge in [0, 0.05) is 6.04 Å². The highest BCUT2D eigenvalue weighted by molar-refractivity contribution is 5.32. The van der Waals surface area contributed by atoms with Gasteiger partial charge in [-0.15, -0.1) is 0 Å². The topological polar surface area (TPSA) is 35.2 Å². The van der Waals surface area contributed by atoms with Crippen molar-refractivity contribution < 1.29 is 22.3 Å². The molecule has 0 amide bonds. The Labute approximate surface area is 90.0 Å². The summed E-state index contributed by atoms with van der Waals surface area (Å²) in [6, 6.07) is 2.21. The van der Waals surface area contributed by atoms with Gasteiger partial charge in [-0.25, -0.2) is 4.39 Å².